The Labute approximate surface area is 132 Å². The van der Waals surface area contributed by atoms with E-state index in [1.807, 2.05) is 12.1 Å². The molecule has 1 aliphatic heterocycles. The zero-order valence-corrected chi connectivity index (χ0v) is 13.1. The van der Waals surface area contributed by atoms with Crippen LogP contribution in [0.25, 0.3) is 11.6 Å². The molecule has 1 aliphatic rings. The summed E-state index contributed by atoms with van der Waals surface area (Å²) in [6.07, 6.45) is 1.63. The fraction of sp³-hybridized carbons (Fsp3) is 0.250. The molecule has 0 fully saturated rings. The van der Waals surface area contributed by atoms with E-state index in [-0.39, 0.29) is 0 Å². The SMILES string of the molecule is CN1Cc2ccc(CSc3n[nH]c(-c4ccco4)n3)cc2C1. The highest BCUT2D eigenvalue weighted by atomic mass is 32.2. The summed E-state index contributed by atoms with van der Waals surface area (Å²) in [7, 11) is 2.15. The number of thioether (sulfide) groups is 1. The quantitative estimate of drug-likeness (QED) is 0.749. The van der Waals surface area contributed by atoms with Crippen LogP contribution in [0.2, 0.25) is 0 Å². The van der Waals surface area contributed by atoms with Crippen molar-refractivity contribution in [1.82, 2.24) is 20.1 Å². The third kappa shape index (κ3) is 2.67. The average Bonchev–Trinajstić information content (AvgIpc) is 3.23. The summed E-state index contributed by atoms with van der Waals surface area (Å²) in [6, 6.07) is 10.4. The minimum atomic E-state index is 0.670. The molecule has 112 valence electrons. The van der Waals surface area contributed by atoms with Gasteiger partial charge in [-0.2, -0.15) is 4.98 Å². The second kappa shape index (κ2) is 5.62. The lowest BCUT2D eigenvalue weighted by molar-refractivity contribution is 0.353. The van der Waals surface area contributed by atoms with E-state index in [1.165, 1.54) is 16.7 Å². The Morgan fingerprint density at radius 2 is 2.18 bits per heavy atom. The fourth-order valence-electron chi connectivity index (χ4n) is 2.69. The molecule has 0 atom stereocenters. The molecule has 0 aliphatic carbocycles. The van der Waals surface area contributed by atoms with Crippen LogP contribution in [0, 0.1) is 0 Å². The number of hydrogen-bond acceptors (Lipinski definition) is 5. The zero-order chi connectivity index (χ0) is 14.9. The average molecular weight is 312 g/mol. The Morgan fingerprint density at radius 3 is 3.05 bits per heavy atom. The third-order valence-corrected chi connectivity index (χ3v) is 4.66. The molecule has 22 heavy (non-hydrogen) atoms. The van der Waals surface area contributed by atoms with Gasteiger partial charge in [0.15, 0.2) is 11.6 Å². The van der Waals surface area contributed by atoms with Crippen LogP contribution in [-0.2, 0) is 18.8 Å². The highest BCUT2D eigenvalue weighted by molar-refractivity contribution is 7.98. The van der Waals surface area contributed by atoms with Gasteiger partial charge in [-0.25, -0.2) is 0 Å². The maximum atomic E-state index is 5.31. The summed E-state index contributed by atoms with van der Waals surface area (Å²) >= 11 is 1.63. The number of nitrogens with one attached hydrogen (secondary N) is 1. The molecular weight excluding hydrogens is 296 g/mol. The van der Waals surface area contributed by atoms with Crippen LogP contribution < -0.4 is 0 Å². The molecule has 0 unspecified atom stereocenters. The van der Waals surface area contributed by atoms with Gasteiger partial charge >= 0.3 is 0 Å². The van der Waals surface area contributed by atoms with Crippen molar-refractivity contribution in [3.63, 3.8) is 0 Å². The van der Waals surface area contributed by atoms with E-state index in [2.05, 4.69) is 45.3 Å². The minimum Gasteiger partial charge on any atom is -0.461 e. The molecule has 1 N–H and O–H groups in total. The van der Waals surface area contributed by atoms with Crippen LogP contribution in [0.3, 0.4) is 0 Å². The van der Waals surface area contributed by atoms with E-state index in [9.17, 15) is 0 Å². The molecule has 3 aromatic rings. The number of nitrogens with zero attached hydrogens (tertiary/aromatic N) is 3. The fourth-order valence-corrected chi connectivity index (χ4v) is 3.43. The Kier molecular flexibility index (Phi) is 3.48. The summed E-state index contributed by atoms with van der Waals surface area (Å²) in [5.41, 5.74) is 4.18. The van der Waals surface area contributed by atoms with Gasteiger partial charge in [0.25, 0.3) is 0 Å². The van der Waals surface area contributed by atoms with Gasteiger partial charge in [0.1, 0.15) is 0 Å². The molecule has 0 spiro atoms. The molecule has 6 heteroatoms. The van der Waals surface area contributed by atoms with Crippen molar-refractivity contribution in [2.75, 3.05) is 7.05 Å². The maximum absolute atomic E-state index is 5.31. The standard InChI is InChI=1S/C16H16N4OS/c1-20-8-12-5-4-11(7-13(12)9-20)10-22-16-17-15(18-19-16)14-3-2-6-21-14/h2-7H,8-10H2,1H3,(H,17,18,19). The van der Waals surface area contributed by atoms with Crippen molar-refractivity contribution in [3.8, 4) is 11.6 Å². The van der Waals surface area contributed by atoms with Gasteiger partial charge in [0.05, 0.1) is 6.26 Å². The van der Waals surface area contributed by atoms with Gasteiger partial charge in [-0.3, -0.25) is 10.00 Å². The van der Waals surface area contributed by atoms with E-state index in [0.717, 1.165) is 24.0 Å². The Bertz CT molecular complexity index is 781. The van der Waals surface area contributed by atoms with Gasteiger partial charge in [-0.1, -0.05) is 30.0 Å². The number of H-pyrrole nitrogens is 1. The first kappa shape index (κ1) is 13.6. The zero-order valence-electron chi connectivity index (χ0n) is 12.2. The Hall–Kier alpha value is -2.05. The van der Waals surface area contributed by atoms with Gasteiger partial charge in [-0.05, 0) is 35.9 Å². The van der Waals surface area contributed by atoms with Crippen LogP contribution >= 0.6 is 11.8 Å². The van der Waals surface area contributed by atoms with E-state index in [1.54, 1.807) is 18.0 Å². The van der Waals surface area contributed by atoms with Crippen LogP contribution in [0.5, 0.6) is 0 Å². The molecule has 0 radical (unpaired) electrons. The number of furan rings is 1. The lowest BCUT2D eigenvalue weighted by Crippen LogP contribution is -2.07. The second-order valence-electron chi connectivity index (χ2n) is 5.51. The third-order valence-electron chi connectivity index (χ3n) is 3.74. The van der Waals surface area contributed by atoms with E-state index >= 15 is 0 Å². The molecule has 1 aromatic carbocycles. The number of aromatic nitrogens is 3. The Balaban J connectivity index is 1.44. The molecule has 0 amide bonds. The minimum absolute atomic E-state index is 0.670. The van der Waals surface area contributed by atoms with Crippen molar-refractivity contribution >= 4 is 11.8 Å². The monoisotopic (exact) mass is 312 g/mol. The molecule has 0 bridgehead atoms. The van der Waals surface area contributed by atoms with E-state index in [0.29, 0.717) is 11.6 Å². The number of hydrogen-bond donors (Lipinski definition) is 1. The molecule has 3 heterocycles. The molecule has 4 rings (SSSR count). The summed E-state index contributed by atoms with van der Waals surface area (Å²) in [5.74, 6) is 2.25. The summed E-state index contributed by atoms with van der Waals surface area (Å²) in [4.78, 5) is 6.77. The first-order valence-electron chi connectivity index (χ1n) is 7.16. The van der Waals surface area contributed by atoms with Crippen molar-refractivity contribution in [2.24, 2.45) is 0 Å². The van der Waals surface area contributed by atoms with Gasteiger partial charge in [-0.15, -0.1) is 5.10 Å². The lowest BCUT2D eigenvalue weighted by atomic mass is 10.1. The largest absolute Gasteiger partial charge is 0.461 e. The highest BCUT2D eigenvalue weighted by Crippen LogP contribution is 2.26. The number of benzene rings is 1. The van der Waals surface area contributed by atoms with Crippen molar-refractivity contribution in [3.05, 3.63) is 53.3 Å². The number of aromatic amines is 1. The summed E-state index contributed by atoms with van der Waals surface area (Å²) in [5, 5.41) is 7.88. The molecule has 2 aromatic heterocycles. The van der Waals surface area contributed by atoms with Crippen LogP contribution in [0.15, 0.2) is 46.2 Å². The molecular formula is C16H16N4OS. The first-order valence-corrected chi connectivity index (χ1v) is 8.15. The normalized spacial score (nSPS) is 14.4. The Morgan fingerprint density at radius 1 is 1.27 bits per heavy atom. The lowest BCUT2D eigenvalue weighted by Gasteiger charge is -2.03. The van der Waals surface area contributed by atoms with Gasteiger partial charge in [0, 0.05) is 18.8 Å². The molecule has 0 saturated heterocycles. The first-order chi connectivity index (χ1) is 10.8. The predicted molar refractivity (Wildman–Crippen MR) is 85.3 cm³/mol. The topological polar surface area (TPSA) is 58.0 Å². The smallest absolute Gasteiger partial charge is 0.209 e. The maximum Gasteiger partial charge on any atom is 0.209 e. The summed E-state index contributed by atoms with van der Waals surface area (Å²) in [6.45, 7) is 2.09. The van der Waals surface area contributed by atoms with E-state index in [4.69, 9.17) is 4.42 Å². The predicted octanol–water partition coefficient (Wildman–Crippen LogP) is 3.30. The van der Waals surface area contributed by atoms with Crippen LogP contribution in [0.1, 0.15) is 16.7 Å². The van der Waals surface area contributed by atoms with E-state index < -0.39 is 0 Å². The number of fused-ring (bicyclic) bond motifs is 1. The molecule has 5 nitrogen and oxygen atoms in total. The molecule has 0 saturated carbocycles. The van der Waals surface area contributed by atoms with Crippen LogP contribution in [-0.4, -0.2) is 27.1 Å². The van der Waals surface area contributed by atoms with Crippen molar-refractivity contribution in [2.45, 2.75) is 24.0 Å². The highest BCUT2D eigenvalue weighted by Gasteiger charge is 2.15. The van der Waals surface area contributed by atoms with Crippen LogP contribution in [0.4, 0.5) is 0 Å². The number of rotatable bonds is 4. The van der Waals surface area contributed by atoms with Crippen molar-refractivity contribution < 1.29 is 4.42 Å². The summed E-state index contributed by atoms with van der Waals surface area (Å²) < 4.78 is 5.31. The second-order valence-corrected chi connectivity index (χ2v) is 6.45. The van der Waals surface area contributed by atoms with Crippen molar-refractivity contribution in [1.29, 1.82) is 0 Å². The van der Waals surface area contributed by atoms with Gasteiger partial charge in [0.2, 0.25) is 5.16 Å². The van der Waals surface area contributed by atoms with Gasteiger partial charge < -0.3 is 4.42 Å².